The van der Waals surface area contributed by atoms with Crippen molar-refractivity contribution in [1.82, 2.24) is 4.90 Å². The van der Waals surface area contributed by atoms with E-state index < -0.39 is 0 Å². The summed E-state index contributed by atoms with van der Waals surface area (Å²) in [6.07, 6.45) is 0. The van der Waals surface area contributed by atoms with Crippen LogP contribution in [0, 0.1) is 6.92 Å². The van der Waals surface area contributed by atoms with E-state index in [-0.39, 0.29) is 5.91 Å². The molecule has 2 aromatic carbocycles. The van der Waals surface area contributed by atoms with Gasteiger partial charge >= 0.3 is 0 Å². The summed E-state index contributed by atoms with van der Waals surface area (Å²) in [5, 5.41) is 0. The first kappa shape index (κ1) is 13.6. The predicted octanol–water partition coefficient (Wildman–Crippen LogP) is 2.19. The van der Waals surface area contributed by atoms with Gasteiger partial charge in [-0.2, -0.15) is 0 Å². The zero-order valence-electron chi connectivity index (χ0n) is 12.1. The lowest BCUT2D eigenvalue weighted by Gasteiger charge is -2.16. The Bertz CT molecular complexity index is 709. The van der Waals surface area contributed by atoms with Gasteiger partial charge in [0.1, 0.15) is 0 Å². The highest BCUT2D eigenvalue weighted by Gasteiger charge is 2.19. The molecule has 108 valence electrons. The number of nitrogen functional groups attached to an aromatic ring is 1. The molecule has 0 aromatic heterocycles. The number of primary amides is 1. The van der Waals surface area contributed by atoms with E-state index in [0.717, 1.165) is 30.9 Å². The van der Waals surface area contributed by atoms with Crippen LogP contribution in [0.15, 0.2) is 36.4 Å². The van der Waals surface area contributed by atoms with Crippen molar-refractivity contribution >= 4 is 11.6 Å². The summed E-state index contributed by atoms with van der Waals surface area (Å²) in [5.74, 6) is -0.381. The Balaban J connectivity index is 1.76. The van der Waals surface area contributed by atoms with Crippen molar-refractivity contribution in [3.8, 4) is 0 Å². The van der Waals surface area contributed by atoms with Crippen LogP contribution in [0.25, 0.3) is 0 Å². The zero-order chi connectivity index (χ0) is 15.0. The first-order valence-electron chi connectivity index (χ1n) is 7.02. The second-order valence-corrected chi connectivity index (χ2v) is 5.68. The Morgan fingerprint density at radius 1 is 1.14 bits per heavy atom. The topological polar surface area (TPSA) is 72.4 Å². The van der Waals surface area contributed by atoms with Gasteiger partial charge < -0.3 is 11.5 Å². The monoisotopic (exact) mass is 281 g/mol. The summed E-state index contributed by atoms with van der Waals surface area (Å²) >= 11 is 0. The molecule has 1 aliphatic rings. The van der Waals surface area contributed by atoms with Gasteiger partial charge in [0.25, 0.3) is 0 Å². The SMILES string of the molecule is Cc1cc(C(N)=O)ccc1CN1Cc2ccc(N)cc2C1. The number of hydrogen-bond acceptors (Lipinski definition) is 3. The van der Waals surface area contributed by atoms with Gasteiger partial charge in [0.15, 0.2) is 0 Å². The standard InChI is InChI=1S/C17H19N3O/c1-11-6-12(17(19)21)2-3-13(11)8-20-9-14-4-5-16(18)7-15(14)10-20/h2-7H,8-10,18H2,1H3,(H2,19,21). The van der Waals surface area contributed by atoms with Gasteiger partial charge in [0, 0.05) is 30.9 Å². The molecular weight excluding hydrogens is 262 g/mol. The van der Waals surface area contributed by atoms with Crippen LogP contribution < -0.4 is 11.5 Å². The van der Waals surface area contributed by atoms with E-state index in [1.807, 2.05) is 25.1 Å². The Kier molecular flexibility index (Phi) is 3.39. The lowest BCUT2D eigenvalue weighted by molar-refractivity contribution is 0.1000. The van der Waals surface area contributed by atoms with Crippen molar-refractivity contribution in [3.05, 3.63) is 64.2 Å². The number of anilines is 1. The molecule has 0 saturated heterocycles. The van der Waals surface area contributed by atoms with Crippen LogP contribution in [0.3, 0.4) is 0 Å². The Morgan fingerprint density at radius 3 is 2.62 bits per heavy atom. The molecule has 0 fully saturated rings. The highest BCUT2D eigenvalue weighted by Crippen LogP contribution is 2.26. The lowest BCUT2D eigenvalue weighted by Crippen LogP contribution is -2.17. The third-order valence-electron chi connectivity index (χ3n) is 4.04. The quantitative estimate of drug-likeness (QED) is 0.847. The number of benzene rings is 2. The Labute approximate surface area is 124 Å². The summed E-state index contributed by atoms with van der Waals surface area (Å²) in [6.45, 7) is 4.73. The molecule has 1 amide bonds. The maximum atomic E-state index is 11.2. The van der Waals surface area contributed by atoms with Crippen molar-refractivity contribution in [1.29, 1.82) is 0 Å². The Hall–Kier alpha value is -2.33. The minimum atomic E-state index is -0.381. The summed E-state index contributed by atoms with van der Waals surface area (Å²) in [5.41, 5.74) is 17.5. The highest BCUT2D eigenvalue weighted by atomic mass is 16.1. The normalized spacial score (nSPS) is 14.1. The summed E-state index contributed by atoms with van der Waals surface area (Å²) in [6, 6.07) is 11.8. The van der Waals surface area contributed by atoms with Crippen LogP contribution in [0.1, 0.15) is 32.6 Å². The van der Waals surface area contributed by atoms with E-state index in [1.165, 1.54) is 16.7 Å². The van der Waals surface area contributed by atoms with Crippen molar-refractivity contribution in [2.45, 2.75) is 26.6 Å². The average Bonchev–Trinajstić information content (AvgIpc) is 2.82. The average molecular weight is 281 g/mol. The van der Waals surface area contributed by atoms with Crippen molar-refractivity contribution in [2.75, 3.05) is 5.73 Å². The first-order chi connectivity index (χ1) is 10.0. The van der Waals surface area contributed by atoms with Gasteiger partial charge in [-0.1, -0.05) is 12.1 Å². The molecule has 0 saturated carbocycles. The molecule has 1 heterocycles. The van der Waals surface area contributed by atoms with Crippen LogP contribution in [0.4, 0.5) is 5.69 Å². The summed E-state index contributed by atoms with van der Waals surface area (Å²) < 4.78 is 0. The molecule has 0 bridgehead atoms. The molecule has 0 unspecified atom stereocenters. The smallest absolute Gasteiger partial charge is 0.248 e. The molecule has 0 atom stereocenters. The van der Waals surface area contributed by atoms with E-state index in [9.17, 15) is 4.79 Å². The third kappa shape index (κ3) is 2.76. The summed E-state index contributed by atoms with van der Waals surface area (Å²) in [4.78, 5) is 13.6. The lowest BCUT2D eigenvalue weighted by atomic mass is 10.0. The number of carbonyl (C=O) groups is 1. The molecule has 1 aliphatic heterocycles. The van der Waals surface area contributed by atoms with Crippen LogP contribution >= 0.6 is 0 Å². The number of amides is 1. The predicted molar refractivity (Wildman–Crippen MR) is 83.5 cm³/mol. The molecule has 0 spiro atoms. The molecule has 0 radical (unpaired) electrons. The first-order valence-corrected chi connectivity index (χ1v) is 7.02. The number of nitrogens with zero attached hydrogens (tertiary/aromatic N) is 1. The minimum absolute atomic E-state index is 0.381. The second-order valence-electron chi connectivity index (χ2n) is 5.68. The third-order valence-corrected chi connectivity index (χ3v) is 4.04. The fraction of sp³-hybridized carbons (Fsp3) is 0.235. The maximum absolute atomic E-state index is 11.2. The molecule has 4 nitrogen and oxygen atoms in total. The summed E-state index contributed by atoms with van der Waals surface area (Å²) in [7, 11) is 0. The van der Waals surface area contributed by atoms with E-state index in [2.05, 4.69) is 17.0 Å². The molecule has 3 rings (SSSR count). The van der Waals surface area contributed by atoms with Crippen molar-refractivity contribution < 1.29 is 4.79 Å². The van der Waals surface area contributed by atoms with Gasteiger partial charge in [-0.25, -0.2) is 0 Å². The van der Waals surface area contributed by atoms with Gasteiger partial charge in [-0.05, 0) is 53.4 Å². The molecule has 0 aliphatic carbocycles. The zero-order valence-corrected chi connectivity index (χ0v) is 12.1. The van der Waals surface area contributed by atoms with Gasteiger partial charge in [-0.3, -0.25) is 9.69 Å². The fourth-order valence-electron chi connectivity index (χ4n) is 2.86. The number of carbonyl (C=O) groups excluding carboxylic acids is 1. The molecular formula is C17H19N3O. The molecule has 21 heavy (non-hydrogen) atoms. The molecule has 4 N–H and O–H groups in total. The van der Waals surface area contributed by atoms with E-state index >= 15 is 0 Å². The van der Waals surface area contributed by atoms with E-state index in [1.54, 1.807) is 6.07 Å². The Morgan fingerprint density at radius 2 is 1.90 bits per heavy atom. The fourth-order valence-corrected chi connectivity index (χ4v) is 2.86. The van der Waals surface area contributed by atoms with Crippen LogP contribution in [-0.4, -0.2) is 10.8 Å². The van der Waals surface area contributed by atoms with Gasteiger partial charge in [-0.15, -0.1) is 0 Å². The largest absolute Gasteiger partial charge is 0.399 e. The number of aryl methyl sites for hydroxylation is 1. The van der Waals surface area contributed by atoms with Gasteiger partial charge in [0.05, 0.1) is 0 Å². The number of hydrogen-bond donors (Lipinski definition) is 2. The van der Waals surface area contributed by atoms with Crippen molar-refractivity contribution in [2.24, 2.45) is 5.73 Å². The second kappa shape index (κ2) is 5.22. The van der Waals surface area contributed by atoms with Gasteiger partial charge in [0.2, 0.25) is 5.91 Å². The number of nitrogens with two attached hydrogens (primary N) is 2. The number of rotatable bonds is 3. The van der Waals surface area contributed by atoms with Crippen LogP contribution in [0.2, 0.25) is 0 Å². The van der Waals surface area contributed by atoms with Crippen LogP contribution in [0.5, 0.6) is 0 Å². The highest BCUT2D eigenvalue weighted by molar-refractivity contribution is 5.93. The minimum Gasteiger partial charge on any atom is -0.399 e. The number of fused-ring (bicyclic) bond motifs is 1. The van der Waals surface area contributed by atoms with Crippen LogP contribution in [-0.2, 0) is 19.6 Å². The molecule has 4 heteroatoms. The van der Waals surface area contributed by atoms with E-state index in [4.69, 9.17) is 11.5 Å². The van der Waals surface area contributed by atoms with E-state index in [0.29, 0.717) is 5.56 Å². The maximum Gasteiger partial charge on any atom is 0.248 e. The van der Waals surface area contributed by atoms with Crippen molar-refractivity contribution in [3.63, 3.8) is 0 Å². The molecule has 2 aromatic rings.